The van der Waals surface area contributed by atoms with Gasteiger partial charge in [-0.25, -0.2) is 4.39 Å². The molecule has 3 rings (SSSR count). The predicted octanol–water partition coefficient (Wildman–Crippen LogP) is 6.59. The van der Waals surface area contributed by atoms with Crippen molar-refractivity contribution < 1.29 is 17.6 Å². The average molecular weight is 429 g/mol. The van der Waals surface area contributed by atoms with Crippen LogP contribution in [0.15, 0.2) is 36.4 Å². The van der Waals surface area contributed by atoms with Crippen LogP contribution in [0.1, 0.15) is 37.6 Å². The number of piperazine rings is 1. The van der Waals surface area contributed by atoms with Crippen molar-refractivity contribution in [2.45, 2.75) is 32.6 Å². The van der Waals surface area contributed by atoms with Gasteiger partial charge in [0.1, 0.15) is 6.17 Å². The minimum absolute atomic E-state index is 0.0244. The van der Waals surface area contributed by atoms with Gasteiger partial charge in [0.05, 0.1) is 10.6 Å². The molecule has 7 heteroatoms. The lowest BCUT2D eigenvalue weighted by Gasteiger charge is -2.36. The molecular formula is C22H25ClF4N2. The van der Waals surface area contributed by atoms with Crippen LogP contribution in [-0.4, -0.2) is 37.6 Å². The standard InChI is InChI=1S/C22H25ClF4N2/c1-3-20(24)18-14-15(29-11-9-28(4-2)10-12-29)13-17(21(18)23)16-7-5-6-8-19(16)22(25,26)27/h5-8,13-14,20H,3-4,9-12H2,1-2H3. The molecule has 2 aromatic rings. The third-order valence-electron chi connectivity index (χ3n) is 5.49. The van der Waals surface area contributed by atoms with Gasteiger partial charge in [-0.1, -0.05) is 43.6 Å². The Labute approximate surface area is 174 Å². The molecule has 0 saturated carbocycles. The molecule has 0 spiro atoms. The number of rotatable bonds is 5. The summed E-state index contributed by atoms with van der Waals surface area (Å²) < 4.78 is 55.5. The highest BCUT2D eigenvalue weighted by Crippen LogP contribution is 2.44. The van der Waals surface area contributed by atoms with Gasteiger partial charge in [0.2, 0.25) is 0 Å². The molecule has 2 aromatic carbocycles. The van der Waals surface area contributed by atoms with Gasteiger partial charge in [0.25, 0.3) is 0 Å². The van der Waals surface area contributed by atoms with Crippen molar-refractivity contribution in [1.29, 1.82) is 0 Å². The van der Waals surface area contributed by atoms with Crippen molar-refractivity contribution in [1.82, 2.24) is 4.90 Å². The zero-order valence-electron chi connectivity index (χ0n) is 16.6. The van der Waals surface area contributed by atoms with E-state index in [-0.39, 0.29) is 28.1 Å². The average Bonchev–Trinajstić information content (AvgIpc) is 2.73. The van der Waals surface area contributed by atoms with Gasteiger partial charge in [0, 0.05) is 43.0 Å². The number of hydrogen-bond acceptors (Lipinski definition) is 2. The van der Waals surface area contributed by atoms with Gasteiger partial charge in [-0.05, 0) is 36.7 Å². The maximum absolute atomic E-state index is 14.7. The number of hydrogen-bond donors (Lipinski definition) is 0. The molecule has 0 aliphatic carbocycles. The second kappa shape index (κ2) is 8.92. The Hall–Kier alpha value is -1.79. The summed E-state index contributed by atoms with van der Waals surface area (Å²) in [5, 5.41) is 0.0481. The topological polar surface area (TPSA) is 6.48 Å². The minimum Gasteiger partial charge on any atom is -0.369 e. The van der Waals surface area contributed by atoms with Crippen LogP contribution < -0.4 is 4.90 Å². The SMILES string of the molecule is CCC(F)c1cc(N2CCN(CC)CC2)cc(-c2ccccc2C(F)(F)F)c1Cl. The molecule has 2 nitrogen and oxygen atoms in total. The second-order valence-corrected chi connectivity index (χ2v) is 7.61. The van der Waals surface area contributed by atoms with Gasteiger partial charge in [-0.2, -0.15) is 13.2 Å². The maximum atomic E-state index is 14.7. The summed E-state index contributed by atoms with van der Waals surface area (Å²) in [5.74, 6) is 0. The molecule has 0 N–H and O–H groups in total. The highest BCUT2D eigenvalue weighted by molar-refractivity contribution is 6.34. The normalized spacial score (nSPS) is 16.9. The van der Waals surface area contributed by atoms with Crippen LogP contribution in [0.5, 0.6) is 0 Å². The first-order chi connectivity index (χ1) is 13.8. The fraction of sp³-hybridized carbons (Fsp3) is 0.455. The summed E-state index contributed by atoms with van der Waals surface area (Å²) in [6, 6.07) is 8.67. The van der Waals surface area contributed by atoms with Crippen molar-refractivity contribution in [3.8, 4) is 11.1 Å². The van der Waals surface area contributed by atoms with E-state index >= 15 is 0 Å². The van der Waals surface area contributed by atoms with E-state index in [1.807, 2.05) is 0 Å². The van der Waals surface area contributed by atoms with Gasteiger partial charge < -0.3 is 9.80 Å². The molecule has 1 heterocycles. The molecule has 1 aliphatic rings. The third kappa shape index (κ3) is 4.69. The van der Waals surface area contributed by atoms with Crippen molar-refractivity contribution in [3.05, 3.63) is 52.5 Å². The number of halogens is 5. The Morgan fingerprint density at radius 2 is 1.66 bits per heavy atom. The molecule has 1 saturated heterocycles. The van der Waals surface area contributed by atoms with Crippen molar-refractivity contribution in [3.63, 3.8) is 0 Å². The van der Waals surface area contributed by atoms with Gasteiger partial charge >= 0.3 is 6.18 Å². The molecular weight excluding hydrogens is 404 g/mol. The molecule has 29 heavy (non-hydrogen) atoms. The lowest BCUT2D eigenvalue weighted by atomic mass is 9.94. The molecule has 1 unspecified atom stereocenters. The Balaban J connectivity index is 2.13. The number of likely N-dealkylation sites (N-methyl/N-ethyl adjacent to an activating group) is 1. The molecule has 1 fully saturated rings. The summed E-state index contributed by atoms with van der Waals surface area (Å²) in [4.78, 5) is 4.39. The fourth-order valence-corrected chi connectivity index (χ4v) is 4.07. The van der Waals surface area contributed by atoms with Crippen LogP contribution >= 0.6 is 11.6 Å². The van der Waals surface area contributed by atoms with Crippen molar-refractivity contribution in [2.24, 2.45) is 0 Å². The van der Waals surface area contributed by atoms with Crippen molar-refractivity contribution >= 4 is 17.3 Å². The van der Waals surface area contributed by atoms with Crippen LogP contribution in [0.2, 0.25) is 5.02 Å². The van der Waals surface area contributed by atoms with Crippen LogP contribution in [0.4, 0.5) is 23.2 Å². The van der Waals surface area contributed by atoms with E-state index in [4.69, 9.17) is 11.6 Å². The summed E-state index contributed by atoms with van der Waals surface area (Å²) >= 11 is 6.46. The molecule has 0 aromatic heterocycles. The summed E-state index contributed by atoms with van der Waals surface area (Å²) in [6.07, 6.45) is -5.66. The smallest absolute Gasteiger partial charge is 0.369 e. The fourth-order valence-electron chi connectivity index (χ4n) is 3.74. The zero-order valence-corrected chi connectivity index (χ0v) is 17.3. The highest BCUT2D eigenvalue weighted by Gasteiger charge is 2.34. The van der Waals surface area contributed by atoms with E-state index in [1.54, 1.807) is 25.1 Å². The van der Waals surface area contributed by atoms with Crippen LogP contribution in [0, 0.1) is 0 Å². The Bertz CT molecular complexity index is 845. The largest absolute Gasteiger partial charge is 0.417 e. The maximum Gasteiger partial charge on any atom is 0.417 e. The third-order valence-corrected chi connectivity index (χ3v) is 5.91. The number of alkyl halides is 4. The van der Waals surface area contributed by atoms with Crippen LogP contribution in [0.3, 0.4) is 0 Å². The Morgan fingerprint density at radius 3 is 2.24 bits per heavy atom. The highest BCUT2D eigenvalue weighted by atomic mass is 35.5. The van der Waals surface area contributed by atoms with Crippen molar-refractivity contribution in [2.75, 3.05) is 37.6 Å². The first-order valence-corrected chi connectivity index (χ1v) is 10.3. The van der Waals surface area contributed by atoms with Gasteiger partial charge in [-0.3, -0.25) is 0 Å². The number of anilines is 1. The monoisotopic (exact) mass is 428 g/mol. The lowest BCUT2D eigenvalue weighted by molar-refractivity contribution is -0.137. The van der Waals surface area contributed by atoms with E-state index in [1.165, 1.54) is 12.1 Å². The second-order valence-electron chi connectivity index (χ2n) is 7.24. The number of benzene rings is 2. The van der Waals surface area contributed by atoms with E-state index in [0.717, 1.165) is 38.8 Å². The molecule has 1 aliphatic heterocycles. The Kier molecular flexibility index (Phi) is 6.74. The molecule has 158 valence electrons. The van der Waals surface area contributed by atoms with Crippen LogP contribution in [-0.2, 0) is 6.18 Å². The van der Waals surface area contributed by atoms with Gasteiger partial charge in [-0.15, -0.1) is 0 Å². The first kappa shape index (κ1) is 21.9. The summed E-state index contributed by atoms with van der Waals surface area (Å²) in [6.45, 7) is 7.92. The number of nitrogens with zero attached hydrogens (tertiary/aromatic N) is 2. The molecule has 0 amide bonds. The lowest BCUT2D eigenvalue weighted by Crippen LogP contribution is -2.46. The molecule has 0 radical (unpaired) electrons. The van der Waals surface area contributed by atoms with E-state index < -0.39 is 17.9 Å². The molecule has 1 atom stereocenters. The van der Waals surface area contributed by atoms with Crippen LogP contribution in [0.25, 0.3) is 11.1 Å². The minimum atomic E-state index is -4.53. The van der Waals surface area contributed by atoms with Gasteiger partial charge in [0.15, 0.2) is 0 Å². The first-order valence-electron chi connectivity index (χ1n) is 9.87. The Morgan fingerprint density at radius 1 is 1.00 bits per heavy atom. The predicted molar refractivity (Wildman–Crippen MR) is 110 cm³/mol. The van der Waals surface area contributed by atoms with E-state index in [0.29, 0.717) is 5.69 Å². The molecule has 0 bridgehead atoms. The van der Waals surface area contributed by atoms with E-state index in [9.17, 15) is 17.6 Å². The van der Waals surface area contributed by atoms with E-state index in [2.05, 4.69) is 16.7 Å². The quantitative estimate of drug-likeness (QED) is 0.496. The summed E-state index contributed by atoms with van der Waals surface area (Å²) in [5.41, 5.74) is 0.386. The summed E-state index contributed by atoms with van der Waals surface area (Å²) in [7, 11) is 0. The zero-order chi connectivity index (χ0) is 21.2.